The molecule has 2 N–H and O–H groups in total. The van der Waals surface area contributed by atoms with E-state index in [1.54, 1.807) is 12.1 Å². The third-order valence-corrected chi connectivity index (χ3v) is 4.03. The molecule has 0 saturated heterocycles. The zero-order valence-electron chi connectivity index (χ0n) is 20.9. The van der Waals surface area contributed by atoms with E-state index in [4.69, 9.17) is 14.8 Å². The van der Waals surface area contributed by atoms with Gasteiger partial charge in [-0.25, -0.2) is 15.0 Å². The zero-order valence-corrected chi connectivity index (χ0v) is 20.9. The smallest absolute Gasteiger partial charge is 0.152 e. The van der Waals surface area contributed by atoms with Crippen molar-refractivity contribution in [3.63, 3.8) is 0 Å². The standard InChI is InChI=1S/C21H27N5O2.2C2H6/c1-7-11-26(22-5)16-8-9-17(18(13-16)28-6)20-15(4)24-21(23-10-12-27)19(25-20)14(2)3;2*1-2/h7-9,11,13,27H,2,5,10,12H2,1,3-4,6H3,(H,23,24);2*1-2H3/b11-7-;;. The Morgan fingerprint density at radius 2 is 1.91 bits per heavy atom. The van der Waals surface area contributed by atoms with Gasteiger partial charge >= 0.3 is 0 Å². The van der Waals surface area contributed by atoms with E-state index >= 15 is 0 Å². The topological polar surface area (TPSA) is 82.9 Å². The van der Waals surface area contributed by atoms with Crippen molar-refractivity contribution in [3.05, 3.63) is 48.4 Å². The normalized spacial score (nSPS) is 9.78. The van der Waals surface area contributed by atoms with Crippen LogP contribution in [0.2, 0.25) is 0 Å². The molecule has 0 unspecified atom stereocenters. The molecule has 0 bridgehead atoms. The Kier molecular flexibility index (Phi) is 14.0. The second kappa shape index (κ2) is 15.6. The molecule has 0 saturated carbocycles. The molecule has 0 aliphatic rings. The summed E-state index contributed by atoms with van der Waals surface area (Å²) in [6, 6.07) is 5.73. The van der Waals surface area contributed by atoms with Crippen LogP contribution < -0.4 is 15.1 Å². The van der Waals surface area contributed by atoms with Crippen LogP contribution in [0.3, 0.4) is 0 Å². The molecule has 2 rings (SSSR count). The lowest BCUT2D eigenvalue weighted by Gasteiger charge is -2.18. The number of ether oxygens (including phenoxy) is 1. The summed E-state index contributed by atoms with van der Waals surface area (Å²) in [4.78, 5) is 9.42. The summed E-state index contributed by atoms with van der Waals surface area (Å²) in [7, 11) is 1.61. The highest BCUT2D eigenvalue weighted by Crippen LogP contribution is 2.35. The van der Waals surface area contributed by atoms with E-state index in [-0.39, 0.29) is 6.61 Å². The molecule has 176 valence electrons. The van der Waals surface area contributed by atoms with Gasteiger partial charge < -0.3 is 15.2 Å². The molecule has 1 heterocycles. The highest BCUT2D eigenvalue weighted by molar-refractivity contribution is 5.77. The van der Waals surface area contributed by atoms with Gasteiger partial charge in [0.05, 0.1) is 30.8 Å². The number of anilines is 2. The van der Waals surface area contributed by atoms with Crippen LogP contribution in [0.5, 0.6) is 5.75 Å². The van der Waals surface area contributed by atoms with Crippen molar-refractivity contribution in [1.29, 1.82) is 0 Å². The SMILES string of the molecule is C=NN(/C=C\C)c1ccc(-c2nc(C(=C)C)c(NCCO)nc2C)c(OC)c1.CC.CC. The van der Waals surface area contributed by atoms with Gasteiger partial charge in [0.2, 0.25) is 0 Å². The fourth-order valence-electron chi connectivity index (χ4n) is 2.74. The predicted molar refractivity (Wildman–Crippen MR) is 139 cm³/mol. The number of hydrogen-bond acceptors (Lipinski definition) is 7. The fourth-order valence-corrected chi connectivity index (χ4v) is 2.74. The van der Waals surface area contributed by atoms with E-state index in [0.29, 0.717) is 29.5 Å². The summed E-state index contributed by atoms with van der Waals surface area (Å²) in [5.41, 5.74) is 4.52. The Morgan fingerprint density at radius 1 is 1.25 bits per heavy atom. The first-order chi connectivity index (χ1) is 15.5. The maximum atomic E-state index is 9.09. The van der Waals surface area contributed by atoms with Crippen LogP contribution in [0.25, 0.3) is 16.8 Å². The number of nitrogens with zero attached hydrogens (tertiary/aromatic N) is 4. The molecular weight excluding hydrogens is 402 g/mol. The van der Waals surface area contributed by atoms with Gasteiger partial charge in [0.15, 0.2) is 5.82 Å². The highest BCUT2D eigenvalue weighted by Gasteiger charge is 2.17. The predicted octanol–water partition coefficient (Wildman–Crippen LogP) is 5.91. The molecule has 7 heteroatoms. The summed E-state index contributed by atoms with van der Waals surface area (Å²) >= 11 is 0. The molecule has 0 atom stereocenters. The van der Waals surface area contributed by atoms with Crippen molar-refractivity contribution in [2.24, 2.45) is 5.10 Å². The molecule has 2 aromatic rings. The molecule has 0 radical (unpaired) electrons. The summed E-state index contributed by atoms with van der Waals surface area (Å²) in [6.45, 7) is 21.7. The Labute approximate surface area is 193 Å². The van der Waals surface area contributed by atoms with Gasteiger partial charge in [-0.3, -0.25) is 0 Å². The highest BCUT2D eigenvalue weighted by atomic mass is 16.5. The van der Waals surface area contributed by atoms with Gasteiger partial charge in [0.25, 0.3) is 0 Å². The minimum absolute atomic E-state index is 0.00738. The average molecular weight is 442 g/mol. The quantitative estimate of drug-likeness (QED) is 0.372. The van der Waals surface area contributed by atoms with E-state index < -0.39 is 0 Å². The Hall–Kier alpha value is -3.19. The first-order valence-electron chi connectivity index (χ1n) is 10.9. The summed E-state index contributed by atoms with van der Waals surface area (Å²) < 4.78 is 5.61. The molecule has 1 aromatic carbocycles. The maximum absolute atomic E-state index is 9.09. The van der Waals surface area contributed by atoms with Gasteiger partial charge in [-0.15, -0.1) is 0 Å². The number of allylic oxidation sites excluding steroid dienone is 2. The van der Waals surface area contributed by atoms with Crippen molar-refractivity contribution in [1.82, 2.24) is 9.97 Å². The van der Waals surface area contributed by atoms with Crippen LogP contribution in [0.4, 0.5) is 11.5 Å². The zero-order chi connectivity index (χ0) is 24.7. The first kappa shape index (κ1) is 28.8. The average Bonchev–Trinajstić information content (AvgIpc) is 2.83. The molecule has 1 aromatic heterocycles. The molecule has 32 heavy (non-hydrogen) atoms. The van der Waals surface area contributed by atoms with E-state index in [2.05, 4.69) is 28.7 Å². The number of hydrazone groups is 1. The molecule has 0 amide bonds. The van der Waals surface area contributed by atoms with E-state index in [9.17, 15) is 0 Å². The Bertz CT molecular complexity index is 894. The van der Waals surface area contributed by atoms with Crippen molar-refractivity contribution < 1.29 is 9.84 Å². The minimum atomic E-state index is 0.00738. The Morgan fingerprint density at radius 3 is 2.41 bits per heavy atom. The van der Waals surface area contributed by atoms with Crippen LogP contribution in [-0.4, -0.2) is 42.1 Å². The number of nitrogens with one attached hydrogen (secondary N) is 1. The van der Waals surface area contributed by atoms with E-state index in [1.165, 1.54) is 0 Å². The second-order valence-corrected chi connectivity index (χ2v) is 6.14. The third-order valence-electron chi connectivity index (χ3n) is 4.03. The minimum Gasteiger partial charge on any atom is -0.496 e. The molecular formula is C25H39N5O2. The van der Waals surface area contributed by atoms with E-state index in [0.717, 1.165) is 22.5 Å². The first-order valence-corrected chi connectivity index (χ1v) is 10.9. The van der Waals surface area contributed by atoms with Gasteiger partial charge in [0, 0.05) is 31.1 Å². The van der Waals surface area contributed by atoms with Crippen LogP contribution in [0.1, 0.15) is 52.9 Å². The molecule has 0 spiro atoms. The largest absolute Gasteiger partial charge is 0.496 e. The number of aromatic nitrogens is 2. The second-order valence-electron chi connectivity index (χ2n) is 6.14. The number of aliphatic hydroxyl groups excluding tert-OH is 1. The van der Waals surface area contributed by atoms with Gasteiger partial charge in [-0.05, 0) is 38.5 Å². The summed E-state index contributed by atoms with van der Waals surface area (Å²) in [5, 5.41) is 17.8. The summed E-state index contributed by atoms with van der Waals surface area (Å²) in [6.07, 6.45) is 3.69. The van der Waals surface area contributed by atoms with Crippen LogP contribution >= 0.6 is 0 Å². The number of hydrogen-bond donors (Lipinski definition) is 2. The Balaban J connectivity index is 0.00000227. The van der Waals surface area contributed by atoms with Crippen molar-refractivity contribution >= 4 is 23.8 Å². The lowest BCUT2D eigenvalue weighted by Crippen LogP contribution is -2.12. The number of rotatable bonds is 9. The maximum Gasteiger partial charge on any atom is 0.152 e. The fraction of sp³-hybridized carbons (Fsp3) is 0.400. The lowest BCUT2D eigenvalue weighted by molar-refractivity contribution is 0.311. The van der Waals surface area contributed by atoms with Crippen molar-refractivity contribution in [3.8, 4) is 17.0 Å². The van der Waals surface area contributed by atoms with Crippen molar-refractivity contribution in [2.75, 3.05) is 30.6 Å². The molecule has 0 fully saturated rings. The number of aliphatic hydroxyl groups is 1. The molecule has 0 aliphatic heterocycles. The van der Waals surface area contributed by atoms with Gasteiger partial charge in [-0.2, -0.15) is 5.10 Å². The van der Waals surface area contributed by atoms with Gasteiger partial charge in [-0.1, -0.05) is 40.3 Å². The van der Waals surface area contributed by atoms with Crippen LogP contribution in [-0.2, 0) is 0 Å². The van der Waals surface area contributed by atoms with E-state index in [1.807, 2.05) is 78.9 Å². The number of benzene rings is 1. The lowest BCUT2D eigenvalue weighted by atomic mass is 10.1. The van der Waals surface area contributed by atoms with Crippen LogP contribution in [0, 0.1) is 6.92 Å². The monoisotopic (exact) mass is 441 g/mol. The third kappa shape index (κ3) is 7.50. The number of aryl methyl sites for hydroxylation is 1. The summed E-state index contributed by atoms with van der Waals surface area (Å²) in [5.74, 6) is 1.25. The number of methoxy groups -OCH3 is 1. The van der Waals surface area contributed by atoms with Crippen molar-refractivity contribution in [2.45, 2.75) is 48.5 Å². The molecule has 7 nitrogen and oxygen atoms in total. The van der Waals surface area contributed by atoms with Crippen LogP contribution in [0.15, 0.2) is 42.2 Å². The molecule has 0 aliphatic carbocycles. The van der Waals surface area contributed by atoms with Gasteiger partial charge in [0.1, 0.15) is 11.4 Å².